The molecule has 1 aliphatic heterocycles. The van der Waals surface area contributed by atoms with Crippen molar-refractivity contribution in [3.8, 4) is 11.5 Å². The Labute approximate surface area is 144 Å². The van der Waals surface area contributed by atoms with E-state index in [1.807, 2.05) is 36.4 Å². The number of ether oxygens (including phenoxy) is 2. The molecule has 25 heavy (non-hydrogen) atoms. The smallest absolute Gasteiger partial charge is 0.274 e. The summed E-state index contributed by atoms with van der Waals surface area (Å²) in [5.41, 5.74) is 2.73. The molecule has 0 atom stereocenters. The number of pyridine rings is 1. The average Bonchev–Trinajstić information content (AvgIpc) is 3.11. The predicted molar refractivity (Wildman–Crippen MR) is 94.5 cm³/mol. The Hall–Kier alpha value is -3.54. The molecule has 2 N–H and O–H groups in total. The second-order valence-corrected chi connectivity index (χ2v) is 5.45. The number of aromatic nitrogens is 1. The Morgan fingerprint density at radius 3 is 2.48 bits per heavy atom. The molecule has 6 nitrogen and oxygen atoms in total. The lowest BCUT2D eigenvalue weighted by molar-refractivity contribution is 0.102. The molecule has 0 aliphatic carbocycles. The zero-order valence-electron chi connectivity index (χ0n) is 13.2. The van der Waals surface area contributed by atoms with Crippen molar-refractivity contribution >= 4 is 23.0 Å². The van der Waals surface area contributed by atoms with Gasteiger partial charge in [-0.1, -0.05) is 18.2 Å². The van der Waals surface area contributed by atoms with Gasteiger partial charge in [-0.3, -0.25) is 4.79 Å². The molecular weight excluding hydrogens is 318 g/mol. The highest BCUT2D eigenvalue weighted by Gasteiger charge is 2.15. The van der Waals surface area contributed by atoms with Gasteiger partial charge in [0, 0.05) is 17.4 Å². The molecule has 0 saturated heterocycles. The van der Waals surface area contributed by atoms with Crippen LogP contribution in [0.2, 0.25) is 0 Å². The maximum atomic E-state index is 12.3. The first-order chi connectivity index (χ1) is 12.3. The van der Waals surface area contributed by atoms with Crippen LogP contribution >= 0.6 is 0 Å². The van der Waals surface area contributed by atoms with Crippen LogP contribution < -0.4 is 20.1 Å². The maximum Gasteiger partial charge on any atom is 0.274 e. The van der Waals surface area contributed by atoms with E-state index in [0.29, 0.717) is 22.9 Å². The van der Waals surface area contributed by atoms with Crippen molar-refractivity contribution in [3.63, 3.8) is 0 Å². The summed E-state index contributed by atoms with van der Waals surface area (Å²) in [6.45, 7) is 0.199. The molecule has 1 aromatic heterocycles. The Kier molecular flexibility index (Phi) is 3.92. The van der Waals surface area contributed by atoms with Crippen LogP contribution in [-0.2, 0) is 0 Å². The fourth-order valence-electron chi connectivity index (χ4n) is 2.46. The van der Waals surface area contributed by atoms with Crippen LogP contribution in [0.3, 0.4) is 0 Å². The maximum absolute atomic E-state index is 12.3. The minimum Gasteiger partial charge on any atom is -0.454 e. The molecule has 1 amide bonds. The summed E-state index contributed by atoms with van der Waals surface area (Å²) < 4.78 is 10.6. The molecule has 0 radical (unpaired) electrons. The summed E-state index contributed by atoms with van der Waals surface area (Å²) in [5.74, 6) is 1.01. The highest BCUT2D eigenvalue weighted by Crippen LogP contribution is 2.34. The summed E-state index contributed by atoms with van der Waals surface area (Å²) in [6, 6.07) is 18.5. The minimum absolute atomic E-state index is 0.199. The minimum atomic E-state index is -0.287. The highest BCUT2D eigenvalue weighted by molar-refractivity contribution is 6.03. The molecule has 2 aromatic carbocycles. The van der Waals surface area contributed by atoms with E-state index in [2.05, 4.69) is 15.6 Å². The number of anilines is 3. The molecule has 124 valence electrons. The quantitative estimate of drug-likeness (QED) is 0.760. The lowest BCUT2D eigenvalue weighted by atomic mass is 10.2. The number of amides is 1. The topological polar surface area (TPSA) is 72.5 Å². The van der Waals surface area contributed by atoms with Crippen molar-refractivity contribution in [1.29, 1.82) is 0 Å². The second-order valence-electron chi connectivity index (χ2n) is 5.45. The standard InChI is InChI=1S/C19H15N3O3/c23-19(22-14-7-9-17-18(10-14)25-12-24-17)16-8-6-15(11-20-16)21-13-4-2-1-3-5-13/h1-11,21H,12H2,(H,22,23). The molecule has 3 aromatic rings. The van der Waals surface area contributed by atoms with Crippen LogP contribution in [0, 0.1) is 0 Å². The molecule has 1 aliphatic rings. The Morgan fingerprint density at radius 1 is 0.880 bits per heavy atom. The van der Waals surface area contributed by atoms with E-state index in [9.17, 15) is 4.79 Å². The van der Waals surface area contributed by atoms with Crippen molar-refractivity contribution in [3.05, 3.63) is 72.6 Å². The number of rotatable bonds is 4. The normalized spacial score (nSPS) is 11.8. The van der Waals surface area contributed by atoms with E-state index in [1.54, 1.807) is 30.5 Å². The first-order valence-corrected chi connectivity index (χ1v) is 7.77. The average molecular weight is 333 g/mol. The van der Waals surface area contributed by atoms with Gasteiger partial charge in [-0.05, 0) is 36.4 Å². The van der Waals surface area contributed by atoms with Crippen LogP contribution in [0.4, 0.5) is 17.1 Å². The number of carbonyl (C=O) groups is 1. The van der Waals surface area contributed by atoms with Gasteiger partial charge >= 0.3 is 0 Å². The molecule has 4 rings (SSSR count). The van der Waals surface area contributed by atoms with Crippen molar-refractivity contribution in [2.45, 2.75) is 0 Å². The van der Waals surface area contributed by atoms with E-state index >= 15 is 0 Å². The number of nitrogens with one attached hydrogen (secondary N) is 2. The molecule has 6 heteroatoms. The first kappa shape index (κ1) is 15.0. The van der Waals surface area contributed by atoms with E-state index < -0.39 is 0 Å². The fourth-order valence-corrected chi connectivity index (χ4v) is 2.46. The van der Waals surface area contributed by atoms with Gasteiger partial charge in [0.15, 0.2) is 11.5 Å². The lowest BCUT2D eigenvalue weighted by Crippen LogP contribution is -2.13. The molecule has 0 saturated carbocycles. The van der Waals surface area contributed by atoms with Gasteiger partial charge < -0.3 is 20.1 Å². The van der Waals surface area contributed by atoms with Crippen molar-refractivity contribution < 1.29 is 14.3 Å². The molecule has 2 heterocycles. The number of hydrogen-bond donors (Lipinski definition) is 2. The summed E-state index contributed by atoms with van der Waals surface area (Å²) in [6.07, 6.45) is 1.63. The van der Waals surface area contributed by atoms with Crippen LogP contribution in [0.1, 0.15) is 10.5 Å². The lowest BCUT2D eigenvalue weighted by Gasteiger charge is -2.08. The Bertz CT molecular complexity index is 896. The third-order valence-corrected chi connectivity index (χ3v) is 3.69. The zero-order valence-corrected chi connectivity index (χ0v) is 13.2. The molecular formula is C19H15N3O3. The van der Waals surface area contributed by atoms with Gasteiger partial charge in [-0.15, -0.1) is 0 Å². The van der Waals surface area contributed by atoms with Gasteiger partial charge in [-0.2, -0.15) is 0 Å². The number of hydrogen-bond acceptors (Lipinski definition) is 5. The molecule has 0 fully saturated rings. The second kappa shape index (κ2) is 6.52. The number of nitrogens with zero attached hydrogens (tertiary/aromatic N) is 1. The Balaban J connectivity index is 1.44. The van der Waals surface area contributed by atoms with Crippen LogP contribution in [-0.4, -0.2) is 17.7 Å². The van der Waals surface area contributed by atoms with Gasteiger partial charge in [-0.25, -0.2) is 4.98 Å². The largest absolute Gasteiger partial charge is 0.454 e. The first-order valence-electron chi connectivity index (χ1n) is 7.77. The highest BCUT2D eigenvalue weighted by atomic mass is 16.7. The van der Waals surface area contributed by atoms with E-state index in [-0.39, 0.29) is 12.7 Å². The van der Waals surface area contributed by atoms with Gasteiger partial charge in [0.05, 0.1) is 11.9 Å². The van der Waals surface area contributed by atoms with Crippen LogP contribution in [0.15, 0.2) is 66.9 Å². The van der Waals surface area contributed by atoms with E-state index in [0.717, 1.165) is 11.4 Å². The summed E-state index contributed by atoms with van der Waals surface area (Å²) in [4.78, 5) is 16.5. The van der Waals surface area contributed by atoms with Gasteiger partial charge in [0.1, 0.15) is 5.69 Å². The number of carbonyl (C=O) groups excluding carboxylic acids is 1. The molecule has 0 bridgehead atoms. The molecule has 0 spiro atoms. The van der Waals surface area contributed by atoms with Crippen molar-refractivity contribution in [2.24, 2.45) is 0 Å². The number of para-hydroxylation sites is 1. The third-order valence-electron chi connectivity index (χ3n) is 3.69. The Morgan fingerprint density at radius 2 is 1.68 bits per heavy atom. The molecule has 0 unspecified atom stereocenters. The SMILES string of the molecule is O=C(Nc1ccc2c(c1)OCO2)c1ccc(Nc2ccccc2)cn1. The predicted octanol–water partition coefficient (Wildman–Crippen LogP) is 3.81. The van der Waals surface area contributed by atoms with Gasteiger partial charge in [0.2, 0.25) is 6.79 Å². The summed E-state index contributed by atoms with van der Waals surface area (Å²) in [5, 5.41) is 6.02. The third kappa shape index (κ3) is 3.37. The summed E-state index contributed by atoms with van der Waals surface area (Å²) in [7, 11) is 0. The van der Waals surface area contributed by atoms with E-state index in [4.69, 9.17) is 9.47 Å². The van der Waals surface area contributed by atoms with Gasteiger partial charge in [0.25, 0.3) is 5.91 Å². The fraction of sp³-hybridized carbons (Fsp3) is 0.0526. The van der Waals surface area contributed by atoms with Crippen molar-refractivity contribution in [1.82, 2.24) is 4.98 Å². The number of benzene rings is 2. The zero-order chi connectivity index (χ0) is 17.1. The van der Waals surface area contributed by atoms with E-state index in [1.165, 1.54) is 0 Å². The van der Waals surface area contributed by atoms with Crippen LogP contribution in [0.5, 0.6) is 11.5 Å². The summed E-state index contributed by atoms with van der Waals surface area (Å²) >= 11 is 0. The monoisotopic (exact) mass is 333 g/mol. The number of fused-ring (bicyclic) bond motifs is 1. The van der Waals surface area contributed by atoms with Crippen molar-refractivity contribution in [2.75, 3.05) is 17.4 Å². The van der Waals surface area contributed by atoms with Crippen LogP contribution in [0.25, 0.3) is 0 Å².